The molecule has 0 aliphatic rings. The lowest BCUT2D eigenvalue weighted by molar-refractivity contribution is 0.447. The summed E-state index contributed by atoms with van der Waals surface area (Å²) in [5, 5.41) is 3.00. The van der Waals surface area contributed by atoms with Crippen LogP contribution in [0.2, 0.25) is 0 Å². The minimum Gasteiger partial charge on any atom is -0.371 e. The molecular formula is C7H14NS. The lowest BCUT2D eigenvalue weighted by Gasteiger charge is -2.17. The highest BCUT2D eigenvalue weighted by molar-refractivity contribution is 7.78. The second-order valence-electron chi connectivity index (χ2n) is 2.51. The Morgan fingerprint density at radius 1 is 1.56 bits per heavy atom. The van der Waals surface area contributed by atoms with Gasteiger partial charge >= 0.3 is 0 Å². The first-order valence-electron chi connectivity index (χ1n) is 3.35. The molecule has 2 heteroatoms. The van der Waals surface area contributed by atoms with Gasteiger partial charge in [0.25, 0.3) is 0 Å². The number of hydrogen-bond donors (Lipinski definition) is 1. The van der Waals surface area contributed by atoms with Crippen LogP contribution in [0.3, 0.4) is 0 Å². The molecule has 0 rings (SSSR count). The van der Waals surface area contributed by atoms with Gasteiger partial charge in [0.15, 0.2) is 0 Å². The van der Waals surface area contributed by atoms with Crippen LogP contribution in [-0.2, 0) is 0 Å². The summed E-state index contributed by atoms with van der Waals surface area (Å²) in [6.07, 6.45) is 1.11. The minimum atomic E-state index is 0.502. The largest absolute Gasteiger partial charge is 0.371 e. The van der Waals surface area contributed by atoms with Crippen molar-refractivity contribution in [2.24, 2.45) is 5.92 Å². The fourth-order valence-corrected chi connectivity index (χ4v) is 0.967. The maximum atomic E-state index is 4.55. The average Bonchev–Trinajstić information content (AvgIpc) is 1.82. The van der Waals surface area contributed by atoms with Crippen molar-refractivity contribution in [1.29, 1.82) is 0 Å². The first-order chi connectivity index (χ1) is 4.22. The number of nitrogens with one attached hydrogen (secondary N) is 1. The van der Waals surface area contributed by atoms with Crippen LogP contribution in [0.15, 0.2) is 0 Å². The number of hydrogen-bond acceptors (Lipinski definition) is 1. The van der Waals surface area contributed by atoms with Crippen LogP contribution in [0.25, 0.3) is 0 Å². The Labute approximate surface area is 62.8 Å². The van der Waals surface area contributed by atoms with Gasteiger partial charge in [0.05, 0.1) is 0 Å². The van der Waals surface area contributed by atoms with E-state index in [0.717, 1.165) is 6.42 Å². The van der Waals surface area contributed by atoms with Gasteiger partial charge in [0.2, 0.25) is 0 Å². The van der Waals surface area contributed by atoms with Crippen molar-refractivity contribution in [3.05, 3.63) is 0 Å². The molecule has 53 valence electrons. The molecule has 1 N–H and O–H groups in total. The second-order valence-corrected chi connectivity index (χ2v) is 2.71. The highest BCUT2D eigenvalue weighted by Crippen LogP contribution is 2.03. The van der Waals surface area contributed by atoms with Crippen molar-refractivity contribution < 1.29 is 0 Å². The maximum Gasteiger partial charge on any atom is 0.134 e. The molecule has 0 aromatic carbocycles. The van der Waals surface area contributed by atoms with Gasteiger partial charge in [0, 0.05) is 6.04 Å². The van der Waals surface area contributed by atoms with Crippen LogP contribution < -0.4 is 5.32 Å². The molecule has 1 unspecified atom stereocenters. The average molecular weight is 144 g/mol. The predicted octanol–water partition coefficient (Wildman–Crippen LogP) is 1.84. The Morgan fingerprint density at radius 3 is 2.22 bits per heavy atom. The predicted molar refractivity (Wildman–Crippen MR) is 44.7 cm³/mol. The zero-order chi connectivity index (χ0) is 7.28. The molecule has 1 nitrogen and oxygen atoms in total. The maximum absolute atomic E-state index is 4.55. The summed E-state index contributed by atoms with van der Waals surface area (Å²) >= 11 is 4.55. The van der Waals surface area contributed by atoms with Crippen LogP contribution in [0.5, 0.6) is 0 Å². The van der Waals surface area contributed by atoms with E-state index in [9.17, 15) is 0 Å². The summed E-state index contributed by atoms with van der Waals surface area (Å²) in [4.78, 5) is 0. The molecule has 0 fully saturated rings. The first-order valence-corrected chi connectivity index (χ1v) is 3.75. The van der Waals surface area contributed by atoms with Crippen molar-refractivity contribution in [1.82, 2.24) is 5.32 Å². The quantitative estimate of drug-likeness (QED) is 0.477. The van der Waals surface area contributed by atoms with Crippen LogP contribution in [-0.4, -0.2) is 11.5 Å². The Balaban J connectivity index is 3.53. The molecule has 0 aliphatic carbocycles. The third-order valence-corrected chi connectivity index (χ3v) is 1.61. The van der Waals surface area contributed by atoms with Gasteiger partial charge in [0.1, 0.15) is 5.49 Å². The molecule has 0 aromatic rings. The zero-order valence-electron chi connectivity index (χ0n) is 6.27. The van der Waals surface area contributed by atoms with Gasteiger partial charge in [-0.25, -0.2) is 0 Å². The van der Waals surface area contributed by atoms with Crippen LogP contribution >= 0.6 is 12.2 Å². The summed E-state index contributed by atoms with van der Waals surface area (Å²) in [5.74, 6) is 0.644. The third-order valence-electron chi connectivity index (χ3n) is 1.49. The molecule has 0 spiro atoms. The smallest absolute Gasteiger partial charge is 0.134 e. The highest BCUT2D eigenvalue weighted by Gasteiger charge is 2.06. The molecule has 0 aromatic heterocycles. The Hall–Kier alpha value is -0.110. The van der Waals surface area contributed by atoms with Gasteiger partial charge in [-0.3, -0.25) is 0 Å². The van der Waals surface area contributed by atoms with E-state index in [1.54, 1.807) is 0 Å². The van der Waals surface area contributed by atoms with Crippen molar-refractivity contribution >= 4 is 17.7 Å². The Bertz CT molecular complexity index is 81.0. The standard InChI is InChI=1S/C7H14NS/c1-4-7(6(2)3)8-5-9/h6-7H,4H2,1-3H3,(H,8,9). The summed E-state index contributed by atoms with van der Waals surface area (Å²) in [7, 11) is 0. The van der Waals surface area contributed by atoms with Crippen LogP contribution in [0, 0.1) is 5.92 Å². The van der Waals surface area contributed by atoms with Gasteiger partial charge in [-0.1, -0.05) is 33.0 Å². The normalized spacial score (nSPS) is 13.3. The Kier molecular flexibility index (Phi) is 4.68. The SMILES string of the molecule is CCC(N[C]=S)C(C)C. The lowest BCUT2D eigenvalue weighted by Crippen LogP contribution is -2.31. The molecule has 0 saturated carbocycles. The third kappa shape index (κ3) is 3.46. The molecule has 0 heterocycles. The van der Waals surface area contributed by atoms with Crippen molar-refractivity contribution in [3.8, 4) is 0 Å². The van der Waals surface area contributed by atoms with E-state index in [-0.39, 0.29) is 0 Å². The zero-order valence-corrected chi connectivity index (χ0v) is 7.09. The number of thiocarbonyl (C=S) groups is 1. The van der Waals surface area contributed by atoms with E-state index in [0.29, 0.717) is 12.0 Å². The molecule has 1 radical (unpaired) electrons. The summed E-state index contributed by atoms with van der Waals surface area (Å²) in [6, 6.07) is 0.502. The van der Waals surface area contributed by atoms with E-state index in [1.165, 1.54) is 0 Å². The van der Waals surface area contributed by atoms with E-state index in [4.69, 9.17) is 0 Å². The minimum absolute atomic E-state index is 0.502. The fourth-order valence-electron chi connectivity index (χ4n) is 0.816. The Morgan fingerprint density at radius 2 is 2.11 bits per heavy atom. The second kappa shape index (κ2) is 4.74. The molecule has 0 amide bonds. The van der Waals surface area contributed by atoms with E-state index >= 15 is 0 Å². The summed E-state index contributed by atoms with van der Waals surface area (Å²) in [5.41, 5.74) is 2.53. The van der Waals surface area contributed by atoms with Gasteiger partial charge in [-0.2, -0.15) is 0 Å². The molecule has 0 saturated heterocycles. The fraction of sp³-hybridized carbons (Fsp3) is 0.857. The van der Waals surface area contributed by atoms with Crippen LogP contribution in [0.1, 0.15) is 27.2 Å². The van der Waals surface area contributed by atoms with Gasteiger partial charge < -0.3 is 5.32 Å². The molecule has 1 atom stereocenters. The van der Waals surface area contributed by atoms with Crippen molar-refractivity contribution in [2.45, 2.75) is 33.2 Å². The molecular weight excluding hydrogens is 130 g/mol. The van der Waals surface area contributed by atoms with Crippen molar-refractivity contribution in [3.63, 3.8) is 0 Å². The number of rotatable bonds is 4. The summed E-state index contributed by atoms with van der Waals surface area (Å²) < 4.78 is 0. The summed E-state index contributed by atoms with van der Waals surface area (Å²) in [6.45, 7) is 6.49. The topological polar surface area (TPSA) is 12.0 Å². The highest BCUT2D eigenvalue weighted by atomic mass is 32.1. The van der Waals surface area contributed by atoms with Crippen LogP contribution in [0.4, 0.5) is 0 Å². The van der Waals surface area contributed by atoms with Crippen molar-refractivity contribution in [2.75, 3.05) is 0 Å². The monoisotopic (exact) mass is 144 g/mol. The van der Waals surface area contributed by atoms with E-state index in [1.807, 2.05) is 0 Å². The van der Waals surface area contributed by atoms with Gasteiger partial charge in [-0.05, 0) is 12.3 Å². The lowest BCUT2D eigenvalue weighted by atomic mass is 10.0. The molecule has 0 bridgehead atoms. The van der Waals surface area contributed by atoms with E-state index < -0.39 is 0 Å². The van der Waals surface area contributed by atoms with Gasteiger partial charge in [-0.15, -0.1) is 0 Å². The van der Waals surface area contributed by atoms with E-state index in [2.05, 4.69) is 43.8 Å². The molecule has 9 heavy (non-hydrogen) atoms. The first kappa shape index (κ1) is 8.89. The molecule has 0 aliphatic heterocycles.